The van der Waals surface area contributed by atoms with Gasteiger partial charge in [0.25, 0.3) is 0 Å². The van der Waals surface area contributed by atoms with Crippen molar-refractivity contribution in [1.29, 1.82) is 0 Å². The van der Waals surface area contributed by atoms with Crippen molar-refractivity contribution < 1.29 is 35.9 Å². The third-order valence-corrected chi connectivity index (χ3v) is 6.51. The minimum atomic E-state index is -4.93. The van der Waals surface area contributed by atoms with Crippen molar-refractivity contribution in [2.45, 2.75) is 37.6 Å². The summed E-state index contributed by atoms with van der Waals surface area (Å²) in [5.41, 5.74) is 1.63. The second kappa shape index (κ2) is 10.9. The maximum absolute atomic E-state index is 13.0. The lowest BCUT2D eigenvalue weighted by molar-refractivity contribution is -0.274. The molecule has 3 rings (SSSR count). The van der Waals surface area contributed by atoms with Gasteiger partial charge >= 0.3 is 12.3 Å². The van der Waals surface area contributed by atoms with Crippen molar-refractivity contribution >= 4 is 16.0 Å². The third kappa shape index (κ3) is 7.30. The molecule has 0 spiro atoms. The summed E-state index contributed by atoms with van der Waals surface area (Å²) in [6.07, 6.45) is -5.30. The van der Waals surface area contributed by atoms with Gasteiger partial charge < -0.3 is 9.47 Å². The van der Waals surface area contributed by atoms with Crippen LogP contribution in [0, 0.1) is 6.92 Å². The van der Waals surface area contributed by atoms with E-state index in [1.165, 1.54) is 24.3 Å². The third-order valence-electron chi connectivity index (χ3n) is 5.02. The maximum Gasteiger partial charge on any atom is 0.573 e. The second-order valence-electron chi connectivity index (χ2n) is 7.67. The van der Waals surface area contributed by atoms with Gasteiger partial charge in [0, 0.05) is 5.56 Å². The molecule has 1 N–H and O–H groups in total. The van der Waals surface area contributed by atoms with E-state index in [1.54, 1.807) is 49.4 Å². The minimum absolute atomic E-state index is 0.0164. The molecular formula is C25H24F3NO5S. The fourth-order valence-electron chi connectivity index (χ4n) is 3.41. The fraction of sp³-hybridized carbons (Fsp3) is 0.240. The molecule has 0 saturated heterocycles. The molecule has 10 heteroatoms. The predicted octanol–water partition coefficient (Wildman–Crippen LogP) is 5.53. The van der Waals surface area contributed by atoms with Crippen molar-refractivity contribution in [3.8, 4) is 16.9 Å². The summed E-state index contributed by atoms with van der Waals surface area (Å²) in [5.74, 6) is -1.12. The van der Waals surface area contributed by atoms with Gasteiger partial charge in [-0.2, -0.15) is 0 Å². The molecule has 0 heterocycles. The first-order valence-corrected chi connectivity index (χ1v) is 12.2. The SMILES string of the molecule is CCOC(=O)C[C@H](NS(=O)(=O)c1ccc(C)cc1)c1ccc(OC(F)(F)F)c(-c2ccccc2)c1. The highest BCUT2D eigenvalue weighted by molar-refractivity contribution is 7.89. The maximum atomic E-state index is 13.0. The van der Waals surface area contributed by atoms with Crippen LogP contribution in [0.4, 0.5) is 13.2 Å². The first kappa shape index (κ1) is 26.2. The Balaban J connectivity index is 2.06. The number of halogens is 3. The Kier molecular flexibility index (Phi) is 8.18. The van der Waals surface area contributed by atoms with Gasteiger partial charge in [0.2, 0.25) is 10.0 Å². The van der Waals surface area contributed by atoms with Gasteiger partial charge in [-0.1, -0.05) is 54.1 Å². The molecular weight excluding hydrogens is 483 g/mol. The number of aryl methyl sites for hydroxylation is 1. The molecule has 0 radical (unpaired) electrons. The van der Waals surface area contributed by atoms with Crippen LogP contribution >= 0.6 is 0 Å². The molecule has 0 bridgehead atoms. The number of rotatable bonds is 9. The zero-order chi connectivity index (χ0) is 25.6. The van der Waals surface area contributed by atoms with E-state index in [0.29, 0.717) is 5.56 Å². The molecule has 6 nitrogen and oxygen atoms in total. The number of nitrogens with one attached hydrogen (secondary N) is 1. The van der Waals surface area contributed by atoms with E-state index in [4.69, 9.17) is 4.74 Å². The number of ether oxygens (including phenoxy) is 2. The summed E-state index contributed by atoms with van der Waals surface area (Å²) in [4.78, 5) is 12.3. The van der Waals surface area contributed by atoms with Gasteiger partial charge in [0.05, 0.1) is 24.0 Å². The van der Waals surface area contributed by atoms with Crippen LogP contribution in [0.2, 0.25) is 0 Å². The van der Waals surface area contributed by atoms with Gasteiger partial charge in [0.1, 0.15) is 5.75 Å². The number of carbonyl (C=O) groups is 1. The molecule has 3 aromatic rings. The highest BCUT2D eigenvalue weighted by atomic mass is 32.2. The lowest BCUT2D eigenvalue weighted by Gasteiger charge is -2.21. The summed E-state index contributed by atoms with van der Waals surface area (Å²) in [6, 6.07) is 17.0. The molecule has 186 valence electrons. The Labute approximate surface area is 201 Å². The quantitative estimate of drug-likeness (QED) is 0.385. The Hall–Kier alpha value is -3.37. The van der Waals surface area contributed by atoms with Crippen molar-refractivity contribution in [3.63, 3.8) is 0 Å². The summed E-state index contributed by atoms with van der Waals surface area (Å²) in [6.45, 7) is 3.51. The number of alkyl halides is 3. The average molecular weight is 508 g/mol. The van der Waals surface area contributed by atoms with Crippen LogP contribution in [0.5, 0.6) is 5.75 Å². The van der Waals surface area contributed by atoms with Crippen molar-refractivity contribution in [2.75, 3.05) is 6.61 Å². The molecule has 0 saturated carbocycles. The van der Waals surface area contributed by atoms with Crippen LogP contribution in [0.15, 0.2) is 77.7 Å². The smallest absolute Gasteiger partial charge is 0.466 e. The van der Waals surface area contributed by atoms with E-state index in [0.717, 1.165) is 11.6 Å². The van der Waals surface area contributed by atoms with Crippen molar-refractivity contribution in [2.24, 2.45) is 0 Å². The van der Waals surface area contributed by atoms with Crippen molar-refractivity contribution in [1.82, 2.24) is 4.72 Å². The Bertz CT molecular complexity index is 1260. The van der Waals surface area contributed by atoms with Crippen LogP contribution in [-0.4, -0.2) is 27.4 Å². The summed E-state index contributed by atoms with van der Waals surface area (Å²) in [5, 5.41) is 0. The van der Waals surface area contributed by atoms with Crippen LogP contribution in [0.3, 0.4) is 0 Å². The molecule has 0 unspecified atom stereocenters. The molecule has 35 heavy (non-hydrogen) atoms. The first-order chi connectivity index (χ1) is 16.5. The number of carbonyl (C=O) groups excluding carboxylic acids is 1. The normalized spacial score (nSPS) is 12.7. The Morgan fingerprint density at radius 2 is 1.66 bits per heavy atom. The molecule has 0 amide bonds. The van der Waals surface area contributed by atoms with Gasteiger partial charge in [-0.3, -0.25) is 4.79 Å². The molecule has 3 aromatic carbocycles. The van der Waals surface area contributed by atoms with E-state index >= 15 is 0 Å². The molecule has 0 aliphatic heterocycles. The lowest BCUT2D eigenvalue weighted by atomic mass is 9.97. The number of hydrogen-bond acceptors (Lipinski definition) is 5. The molecule has 0 aromatic heterocycles. The van der Waals surface area contributed by atoms with Gasteiger partial charge in [0.15, 0.2) is 0 Å². The summed E-state index contributed by atoms with van der Waals surface area (Å²) < 4.78 is 76.8. The average Bonchev–Trinajstić information content (AvgIpc) is 2.79. The largest absolute Gasteiger partial charge is 0.573 e. The summed E-state index contributed by atoms with van der Waals surface area (Å²) >= 11 is 0. The monoisotopic (exact) mass is 507 g/mol. The number of hydrogen-bond donors (Lipinski definition) is 1. The minimum Gasteiger partial charge on any atom is -0.466 e. The lowest BCUT2D eigenvalue weighted by Crippen LogP contribution is -2.31. The highest BCUT2D eigenvalue weighted by Crippen LogP contribution is 2.36. The Morgan fingerprint density at radius 1 is 1.00 bits per heavy atom. The topological polar surface area (TPSA) is 81.7 Å². The van der Waals surface area contributed by atoms with Crippen LogP contribution in [0.1, 0.15) is 30.5 Å². The van der Waals surface area contributed by atoms with Crippen molar-refractivity contribution in [3.05, 3.63) is 83.9 Å². The first-order valence-electron chi connectivity index (χ1n) is 10.7. The predicted molar refractivity (Wildman–Crippen MR) is 124 cm³/mol. The molecule has 0 aliphatic rings. The summed E-state index contributed by atoms with van der Waals surface area (Å²) in [7, 11) is -4.07. The molecule has 0 fully saturated rings. The number of esters is 1. The molecule has 1 atom stereocenters. The van der Waals surface area contributed by atoms with E-state index in [2.05, 4.69) is 9.46 Å². The zero-order valence-electron chi connectivity index (χ0n) is 19.0. The van der Waals surface area contributed by atoms with Crippen LogP contribution in [-0.2, 0) is 19.6 Å². The van der Waals surface area contributed by atoms with Gasteiger partial charge in [-0.25, -0.2) is 13.1 Å². The van der Waals surface area contributed by atoms with E-state index in [9.17, 15) is 26.4 Å². The highest BCUT2D eigenvalue weighted by Gasteiger charge is 2.33. The van der Waals surface area contributed by atoms with Crippen LogP contribution in [0.25, 0.3) is 11.1 Å². The molecule has 0 aliphatic carbocycles. The van der Waals surface area contributed by atoms with E-state index in [-0.39, 0.29) is 29.1 Å². The van der Waals surface area contributed by atoms with Gasteiger partial charge in [-0.05, 0) is 49.2 Å². The van der Waals surface area contributed by atoms with Gasteiger partial charge in [-0.15, -0.1) is 13.2 Å². The fourth-order valence-corrected chi connectivity index (χ4v) is 4.63. The Morgan fingerprint density at radius 3 is 2.26 bits per heavy atom. The zero-order valence-corrected chi connectivity index (χ0v) is 19.8. The van der Waals surface area contributed by atoms with Crippen LogP contribution < -0.4 is 9.46 Å². The second-order valence-corrected chi connectivity index (χ2v) is 9.38. The standard InChI is InChI=1S/C25H24F3NO5S/c1-3-33-24(30)16-22(29-35(31,32)20-12-9-17(2)10-13-20)19-11-14-23(34-25(26,27)28)21(15-19)18-7-5-4-6-8-18/h4-15,22,29H,3,16H2,1-2H3/t22-/m0/s1. The van der Waals surface area contributed by atoms with E-state index < -0.39 is 34.1 Å². The van der Waals surface area contributed by atoms with E-state index in [1.807, 2.05) is 6.92 Å². The number of benzene rings is 3. The number of sulfonamides is 1.